The first-order chi connectivity index (χ1) is 7.19. The molecule has 0 bridgehead atoms. The Bertz CT molecular complexity index is 556. The third-order valence-electron chi connectivity index (χ3n) is 1.76. The van der Waals surface area contributed by atoms with Gasteiger partial charge in [0.2, 0.25) is 0 Å². The van der Waals surface area contributed by atoms with Crippen molar-refractivity contribution < 1.29 is 13.9 Å². The lowest BCUT2D eigenvalue weighted by Gasteiger charge is -2.01. The summed E-state index contributed by atoms with van der Waals surface area (Å²) in [6.45, 7) is 0. The first-order valence-corrected chi connectivity index (χ1v) is 4.89. The van der Waals surface area contributed by atoms with Crippen molar-refractivity contribution in [3.05, 3.63) is 27.9 Å². The Morgan fingerprint density at radius 2 is 2.33 bits per heavy atom. The summed E-state index contributed by atoms with van der Waals surface area (Å²) in [7, 11) is 1.28. The quantitative estimate of drug-likeness (QED) is 0.806. The van der Waals surface area contributed by atoms with Crippen LogP contribution < -0.4 is 10.3 Å². The van der Waals surface area contributed by atoms with Crippen molar-refractivity contribution in [3.8, 4) is 0 Å². The lowest BCUT2D eigenvalue weighted by Crippen LogP contribution is -2.10. The molecule has 15 heavy (non-hydrogen) atoms. The van der Waals surface area contributed by atoms with Crippen LogP contribution >= 0.6 is 11.3 Å². The predicted molar refractivity (Wildman–Crippen MR) is 56.4 cm³/mol. The number of nitrogens with one attached hydrogen (secondary N) is 1. The molecule has 0 radical (unpaired) electrons. The van der Waals surface area contributed by atoms with Gasteiger partial charge in [-0.3, -0.25) is 5.32 Å². The molecular formula is C9H7NO4S. The van der Waals surface area contributed by atoms with Gasteiger partial charge in [-0.25, -0.2) is 9.59 Å². The topological polar surface area (TPSA) is 68.5 Å². The molecule has 0 unspecified atom stereocenters. The summed E-state index contributed by atoms with van der Waals surface area (Å²) in [6, 6.07) is 4.95. The fourth-order valence-electron chi connectivity index (χ4n) is 1.12. The van der Waals surface area contributed by atoms with Gasteiger partial charge in [-0.2, -0.15) is 0 Å². The molecule has 0 atom stereocenters. The van der Waals surface area contributed by atoms with Crippen LogP contribution in [0.5, 0.6) is 0 Å². The third-order valence-corrected chi connectivity index (χ3v) is 2.57. The highest BCUT2D eigenvalue weighted by Gasteiger charge is 2.05. The van der Waals surface area contributed by atoms with Crippen molar-refractivity contribution in [2.24, 2.45) is 0 Å². The monoisotopic (exact) mass is 225 g/mol. The van der Waals surface area contributed by atoms with Gasteiger partial charge >= 0.3 is 11.0 Å². The van der Waals surface area contributed by atoms with E-state index in [9.17, 15) is 9.59 Å². The zero-order valence-electron chi connectivity index (χ0n) is 7.77. The summed E-state index contributed by atoms with van der Waals surface area (Å²) in [5.74, 6) is 0. The van der Waals surface area contributed by atoms with Gasteiger partial charge in [0.15, 0.2) is 5.58 Å². The number of hydrogen-bond acceptors (Lipinski definition) is 5. The Kier molecular flexibility index (Phi) is 2.42. The summed E-state index contributed by atoms with van der Waals surface area (Å²) in [6.07, 6.45) is -0.563. The van der Waals surface area contributed by atoms with E-state index in [1.165, 1.54) is 7.11 Å². The van der Waals surface area contributed by atoms with E-state index in [4.69, 9.17) is 4.42 Å². The first-order valence-electron chi connectivity index (χ1n) is 4.08. The van der Waals surface area contributed by atoms with Crippen molar-refractivity contribution in [2.75, 3.05) is 12.4 Å². The number of carbonyl (C=O) groups is 1. The number of ether oxygens (including phenoxy) is 1. The second-order valence-corrected chi connectivity index (χ2v) is 3.71. The lowest BCUT2D eigenvalue weighted by atomic mass is 10.3. The highest BCUT2D eigenvalue weighted by Crippen LogP contribution is 2.21. The second kappa shape index (κ2) is 3.74. The van der Waals surface area contributed by atoms with Crippen LogP contribution in [0.25, 0.3) is 10.3 Å². The van der Waals surface area contributed by atoms with Crippen molar-refractivity contribution in [2.45, 2.75) is 0 Å². The highest BCUT2D eigenvalue weighted by atomic mass is 32.1. The second-order valence-electron chi connectivity index (χ2n) is 2.73. The molecule has 6 heteroatoms. The first kappa shape index (κ1) is 9.72. The zero-order valence-corrected chi connectivity index (χ0v) is 8.59. The molecule has 0 aliphatic carbocycles. The van der Waals surface area contributed by atoms with Gasteiger partial charge in [-0.15, -0.1) is 0 Å². The van der Waals surface area contributed by atoms with Gasteiger partial charge in [-0.1, -0.05) is 11.3 Å². The normalized spacial score (nSPS) is 10.2. The van der Waals surface area contributed by atoms with Crippen molar-refractivity contribution in [3.63, 3.8) is 0 Å². The molecule has 1 aromatic carbocycles. The molecule has 78 valence electrons. The average Bonchev–Trinajstić information content (AvgIpc) is 2.57. The van der Waals surface area contributed by atoms with E-state index in [1.807, 2.05) is 0 Å². The minimum atomic E-state index is -0.563. The minimum absolute atomic E-state index is 0.361. The van der Waals surface area contributed by atoms with Crippen LogP contribution in [0.4, 0.5) is 10.5 Å². The maximum Gasteiger partial charge on any atom is 0.411 e. The molecule has 1 aromatic heterocycles. The van der Waals surface area contributed by atoms with E-state index < -0.39 is 6.09 Å². The standard InChI is InChI=1S/C9H7NO4S/c1-13-8(11)10-5-2-3-7-6(4-5)14-9(12)15-7/h2-4H,1H3,(H,10,11). The Morgan fingerprint density at radius 1 is 1.53 bits per heavy atom. The molecule has 5 nitrogen and oxygen atoms in total. The third kappa shape index (κ3) is 1.99. The van der Waals surface area contributed by atoms with Crippen LogP contribution in [0, 0.1) is 0 Å². The van der Waals surface area contributed by atoms with Crippen LogP contribution in [0.2, 0.25) is 0 Å². The van der Waals surface area contributed by atoms with Crippen LogP contribution in [-0.4, -0.2) is 13.2 Å². The van der Waals surface area contributed by atoms with E-state index in [2.05, 4.69) is 10.1 Å². The van der Waals surface area contributed by atoms with E-state index in [1.54, 1.807) is 18.2 Å². The molecule has 1 heterocycles. The van der Waals surface area contributed by atoms with Crippen LogP contribution in [0.3, 0.4) is 0 Å². The Morgan fingerprint density at radius 3 is 3.07 bits per heavy atom. The predicted octanol–water partition coefficient (Wildman–Crippen LogP) is 2.03. The number of methoxy groups -OCH3 is 1. The SMILES string of the molecule is COC(=O)Nc1ccc2sc(=O)oc2c1. The maximum atomic E-state index is 10.9. The molecule has 2 rings (SSSR count). The summed E-state index contributed by atoms with van der Waals surface area (Å²) in [5, 5.41) is 2.47. The molecule has 0 aliphatic heterocycles. The molecular weight excluding hydrogens is 218 g/mol. The lowest BCUT2D eigenvalue weighted by molar-refractivity contribution is 0.187. The highest BCUT2D eigenvalue weighted by molar-refractivity contribution is 7.16. The Balaban J connectivity index is 2.38. The Hall–Kier alpha value is -1.82. The van der Waals surface area contributed by atoms with Gasteiger partial charge in [0.05, 0.1) is 11.8 Å². The number of rotatable bonds is 1. The van der Waals surface area contributed by atoms with Gasteiger partial charge in [0, 0.05) is 11.8 Å². The smallest absolute Gasteiger partial charge is 0.411 e. The fraction of sp³-hybridized carbons (Fsp3) is 0.111. The van der Waals surface area contributed by atoms with E-state index in [0.717, 1.165) is 16.0 Å². The molecule has 0 fully saturated rings. The average molecular weight is 225 g/mol. The van der Waals surface area contributed by atoms with Crippen molar-refractivity contribution >= 4 is 33.4 Å². The molecule has 0 saturated carbocycles. The molecule has 0 spiro atoms. The number of anilines is 1. The van der Waals surface area contributed by atoms with Gasteiger partial charge < -0.3 is 9.15 Å². The Labute approximate surface area is 88.3 Å². The largest absolute Gasteiger partial charge is 0.453 e. The number of benzene rings is 1. The zero-order chi connectivity index (χ0) is 10.8. The number of amides is 1. The van der Waals surface area contributed by atoms with Crippen molar-refractivity contribution in [1.82, 2.24) is 0 Å². The summed E-state index contributed by atoms with van der Waals surface area (Å²) in [5.41, 5.74) is 0.981. The minimum Gasteiger partial charge on any atom is -0.453 e. The molecule has 2 aromatic rings. The molecule has 0 aliphatic rings. The van der Waals surface area contributed by atoms with E-state index in [-0.39, 0.29) is 4.94 Å². The van der Waals surface area contributed by atoms with E-state index >= 15 is 0 Å². The van der Waals surface area contributed by atoms with Crippen LogP contribution in [0.15, 0.2) is 27.4 Å². The molecule has 1 amide bonds. The van der Waals surface area contributed by atoms with Crippen molar-refractivity contribution in [1.29, 1.82) is 0 Å². The molecule has 0 saturated heterocycles. The fourth-order valence-corrected chi connectivity index (χ4v) is 1.77. The number of hydrogen-bond donors (Lipinski definition) is 1. The molecule has 1 N–H and O–H groups in total. The summed E-state index contributed by atoms with van der Waals surface area (Å²) in [4.78, 5) is 21.5. The van der Waals surface area contributed by atoms with Crippen LogP contribution in [0.1, 0.15) is 0 Å². The summed E-state index contributed by atoms with van der Waals surface area (Å²) < 4.78 is 10.1. The van der Waals surface area contributed by atoms with E-state index in [0.29, 0.717) is 11.3 Å². The maximum absolute atomic E-state index is 10.9. The number of carbonyl (C=O) groups excluding carboxylic acids is 1. The number of fused-ring (bicyclic) bond motifs is 1. The van der Waals surface area contributed by atoms with Gasteiger partial charge in [-0.05, 0) is 12.1 Å². The van der Waals surface area contributed by atoms with Gasteiger partial charge in [0.25, 0.3) is 0 Å². The van der Waals surface area contributed by atoms with Gasteiger partial charge in [0.1, 0.15) is 0 Å². The van der Waals surface area contributed by atoms with Crippen LogP contribution in [-0.2, 0) is 4.74 Å². The summed E-state index contributed by atoms with van der Waals surface area (Å²) >= 11 is 1.02.